The molecule has 1 aromatic heterocycles. The maximum atomic E-state index is 5.93. The fourth-order valence-corrected chi connectivity index (χ4v) is 2.89. The molecule has 0 aliphatic heterocycles. The number of benzene rings is 1. The van der Waals surface area contributed by atoms with Crippen molar-refractivity contribution >= 4 is 36.1 Å². The molecule has 1 aliphatic carbocycles. The van der Waals surface area contributed by atoms with Gasteiger partial charge in [-0.3, -0.25) is 0 Å². The third kappa shape index (κ3) is 1.75. The van der Waals surface area contributed by atoms with Crippen LogP contribution in [0.25, 0.3) is 10.2 Å². The lowest BCUT2D eigenvalue weighted by molar-refractivity contribution is 0.122. The van der Waals surface area contributed by atoms with E-state index < -0.39 is 0 Å². The molecular weight excluding hydrogens is 225 g/mol. The van der Waals surface area contributed by atoms with Gasteiger partial charge < -0.3 is 4.74 Å². The van der Waals surface area contributed by atoms with Crippen LogP contribution in [-0.4, -0.2) is 11.1 Å². The van der Waals surface area contributed by atoms with E-state index in [1.54, 1.807) is 11.3 Å². The van der Waals surface area contributed by atoms with Crippen molar-refractivity contribution in [2.45, 2.75) is 25.4 Å². The maximum Gasteiger partial charge on any atom is 0.147 e. The number of hydrogen-bond acceptors (Lipinski definition) is 3. The lowest BCUT2D eigenvalue weighted by Gasteiger charge is -2.26. The minimum atomic E-state index is 0.418. The van der Waals surface area contributed by atoms with Gasteiger partial charge in [-0.25, -0.2) is 4.98 Å². The molecule has 3 rings (SSSR count). The molecule has 15 heavy (non-hydrogen) atoms. The fourth-order valence-electron chi connectivity index (χ4n) is 1.71. The fraction of sp³-hybridized carbons (Fsp3) is 0.364. The minimum Gasteiger partial charge on any atom is -0.488 e. The second-order valence-corrected chi connectivity index (χ2v) is 5.44. The smallest absolute Gasteiger partial charge is 0.147 e. The van der Waals surface area contributed by atoms with Gasteiger partial charge in [0, 0.05) is 0 Å². The quantitative estimate of drug-likeness (QED) is 0.749. The van der Waals surface area contributed by atoms with E-state index in [-0.39, 0.29) is 0 Å². The maximum absolute atomic E-state index is 5.93. The Hall–Kier alpha value is -0.660. The molecule has 2 aromatic rings. The molecule has 78 valence electrons. The molecule has 4 heteroatoms. The first kappa shape index (κ1) is 9.56. The first-order chi connectivity index (χ1) is 7.33. The van der Waals surface area contributed by atoms with Crippen molar-refractivity contribution in [3.63, 3.8) is 0 Å². The molecule has 1 unspecified atom stereocenters. The van der Waals surface area contributed by atoms with Crippen LogP contribution >= 0.6 is 20.6 Å². The number of fused-ring (bicyclic) bond motifs is 1. The van der Waals surface area contributed by atoms with E-state index in [0.717, 1.165) is 11.3 Å². The van der Waals surface area contributed by atoms with Gasteiger partial charge in [0.2, 0.25) is 0 Å². The van der Waals surface area contributed by atoms with E-state index in [4.69, 9.17) is 4.74 Å². The van der Waals surface area contributed by atoms with Gasteiger partial charge in [0.1, 0.15) is 11.3 Å². The summed E-state index contributed by atoms with van der Waals surface area (Å²) in [5, 5.41) is 1.17. The van der Waals surface area contributed by atoms with E-state index in [2.05, 4.69) is 26.4 Å². The average molecular weight is 237 g/mol. The number of ether oxygens (including phenoxy) is 1. The monoisotopic (exact) mass is 237 g/mol. The molecule has 1 fully saturated rings. The molecule has 0 spiro atoms. The molecule has 0 radical (unpaired) electrons. The van der Waals surface area contributed by atoms with Crippen molar-refractivity contribution in [1.82, 2.24) is 4.98 Å². The van der Waals surface area contributed by atoms with Crippen LogP contribution in [-0.2, 0) is 0 Å². The third-order valence-corrected chi connectivity index (χ3v) is 3.88. The summed E-state index contributed by atoms with van der Waals surface area (Å²) >= 11 is 1.66. The van der Waals surface area contributed by atoms with Gasteiger partial charge in [-0.05, 0) is 36.7 Å². The zero-order valence-electron chi connectivity index (χ0n) is 8.27. The van der Waals surface area contributed by atoms with E-state index in [9.17, 15) is 0 Å². The molecule has 0 N–H and O–H groups in total. The molecule has 0 saturated heterocycles. The van der Waals surface area contributed by atoms with E-state index in [1.807, 2.05) is 5.51 Å². The summed E-state index contributed by atoms with van der Waals surface area (Å²) in [5.74, 6) is 0.948. The first-order valence-electron chi connectivity index (χ1n) is 5.12. The Kier molecular flexibility index (Phi) is 2.38. The topological polar surface area (TPSA) is 22.1 Å². The highest BCUT2D eigenvalue weighted by Gasteiger charge is 2.20. The van der Waals surface area contributed by atoms with Crippen molar-refractivity contribution in [3.8, 4) is 5.75 Å². The number of aromatic nitrogens is 1. The summed E-state index contributed by atoms with van der Waals surface area (Å²) in [6.07, 6.45) is 4.09. The van der Waals surface area contributed by atoms with Crippen molar-refractivity contribution in [2.24, 2.45) is 0 Å². The van der Waals surface area contributed by atoms with Gasteiger partial charge in [-0.15, -0.1) is 20.6 Å². The Balaban J connectivity index is 2.02. The zero-order chi connectivity index (χ0) is 10.3. The highest BCUT2D eigenvalue weighted by atomic mass is 32.1. The Morgan fingerprint density at radius 2 is 2.27 bits per heavy atom. The zero-order valence-corrected chi connectivity index (χ0v) is 10.2. The highest BCUT2D eigenvalue weighted by Crippen LogP contribution is 2.31. The van der Waals surface area contributed by atoms with Gasteiger partial charge in [0.25, 0.3) is 0 Å². The van der Waals surface area contributed by atoms with Crippen LogP contribution in [0.5, 0.6) is 5.75 Å². The summed E-state index contributed by atoms with van der Waals surface area (Å²) in [7, 11) is 2.72. The van der Waals surface area contributed by atoms with Crippen molar-refractivity contribution in [2.75, 3.05) is 0 Å². The Labute approximate surface area is 94.9 Å². The third-order valence-electron chi connectivity index (χ3n) is 2.77. The molecular formula is C11H12NOPS. The van der Waals surface area contributed by atoms with Crippen LogP contribution in [0, 0.1) is 0 Å². The van der Waals surface area contributed by atoms with Gasteiger partial charge in [0.15, 0.2) is 0 Å². The molecule has 1 saturated carbocycles. The second kappa shape index (κ2) is 3.73. The summed E-state index contributed by atoms with van der Waals surface area (Å²) in [4.78, 5) is 4.36. The number of nitrogens with zero attached hydrogens (tertiary/aromatic N) is 1. The predicted octanol–water partition coefficient (Wildman–Crippen LogP) is 2.73. The van der Waals surface area contributed by atoms with Crippen LogP contribution in [0.15, 0.2) is 17.6 Å². The minimum absolute atomic E-state index is 0.418. The second-order valence-electron chi connectivity index (χ2n) is 3.89. The van der Waals surface area contributed by atoms with E-state index >= 15 is 0 Å². The van der Waals surface area contributed by atoms with Crippen LogP contribution in [0.1, 0.15) is 19.3 Å². The number of thiazole rings is 1. The lowest BCUT2D eigenvalue weighted by Crippen LogP contribution is -2.24. The molecule has 1 aliphatic rings. The van der Waals surface area contributed by atoms with Crippen LogP contribution < -0.4 is 10.0 Å². The van der Waals surface area contributed by atoms with Crippen molar-refractivity contribution in [3.05, 3.63) is 17.6 Å². The van der Waals surface area contributed by atoms with Crippen LogP contribution in [0.4, 0.5) is 0 Å². The van der Waals surface area contributed by atoms with Gasteiger partial charge in [-0.1, -0.05) is 0 Å². The normalized spacial score (nSPS) is 16.6. The SMILES string of the molecule is Pc1cc(OC2CCC2)c2ncsc2c1. The Bertz CT molecular complexity index is 492. The van der Waals surface area contributed by atoms with Crippen LogP contribution in [0.2, 0.25) is 0 Å². The molecule has 1 heterocycles. The summed E-state index contributed by atoms with van der Waals surface area (Å²) in [5.41, 5.74) is 2.89. The Morgan fingerprint density at radius 1 is 1.40 bits per heavy atom. The van der Waals surface area contributed by atoms with E-state index in [0.29, 0.717) is 6.10 Å². The first-order valence-corrected chi connectivity index (χ1v) is 6.58. The molecule has 1 aromatic carbocycles. The number of hydrogen-bond donors (Lipinski definition) is 0. The van der Waals surface area contributed by atoms with Gasteiger partial charge in [-0.2, -0.15) is 0 Å². The summed E-state index contributed by atoms with van der Waals surface area (Å²) in [6, 6.07) is 4.19. The van der Waals surface area contributed by atoms with Crippen molar-refractivity contribution < 1.29 is 4.74 Å². The van der Waals surface area contributed by atoms with Gasteiger partial charge in [0.05, 0.1) is 16.3 Å². The highest BCUT2D eigenvalue weighted by molar-refractivity contribution is 7.27. The summed E-state index contributed by atoms with van der Waals surface area (Å²) < 4.78 is 7.14. The molecule has 1 atom stereocenters. The van der Waals surface area contributed by atoms with Crippen molar-refractivity contribution in [1.29, 1.82) is 0 Å². The lowest BCUT2D eigenvalue weighted by atomic mass is 9.96. The predicted molar refractivity (Wildman–Crippen MR) is 67.2 cm³/mol. The van der Waals surface area contributed by atoms with Crippen LogP contribution in [0.3, 0.4) is 0 Å². The molecule has 0 amide bonds. The van der Waals surface area contributed by atoms with E-state index in [1.165, 1.54) is 29.3 Å². The standard InChI is InChI=1S/C11H12NOPS/c14-8-4-9(13-7-2-1-3-7)11-10(5-8)15-6-12-11/h4-7H,1-3,14H2. The molecule has 0 bridgehead atoms. The average Bonchev–Trinajstić information content (AvgIpc) is 2.58. The number of rotatable bonds is 2. The molecule has 2 nitrogen and oxygen atoms in total. The largest absolute Gasteiger partial charge is 0.488 e. The Morgan fingerprint density at radius 3 is 3.00 bits per heavy atom. The van der Waals surface area contributed by atoms with Gasteiger partial charge >= 0.3 is 0 Å². The summed E-state index contributed by atoms with van der Waals surface area (Å²) in [6.45, 7) is 0.